The molecule has 0 saturated carbocycles. The van der Waals surface area contributed by atoms with E-state index in [2.05, 4.69) is 34.8 Å². The first-order chi connectivity index (χ1) is 14.3. The van der Waals surface area contributed by atoms with Crippen molar-refractivity contribution in [2.75, 3.05) is 19.8 Å². The molecule has 1 saturated heterocycles. The Morgan fingerprint density at radius 1 is 1.07 bits per heavy atom. The molecule has 3 aromatic rings. The zero-order valence-corrected chi connectivity index (χ0v) is 16.9. The number of hydrogen-bond donors (Lipinski definition) is 0. The number of nitrogens with zero attached hydrogens (tertiary/aromatic N) is 4. The molecule has 0 amide bonds. The van der Waals surface area contributed by atoms with Crippen molar-refractivity contribution in [2.45, 2.75) is 57.9 Å². The molecule has 0 aliphatic carbocycles. The van der Waals surface area contributed by atoms with Crippen LogP contribution in [0.1, 0.15) is 45.3 Å². The Morgan fingerprint density at radius 3 is 2.93 bits per heavy atom. The predicted molar refractivity (Wildman–Crippen MR) is 110 cm³/mol. The van der Waals surface area contributed by atoms with E-state index in [9.17, 15) is 0 Å². The Bertz CT molecular complexity index is 974. The average Bonchev–Trinajstić information content (AvgIpc) is 3.35. The number of aromatic nitrogens is 4. The van der Waals surface area contributed by atoms with Crippen LogP contribution < -0.4 is 4.74 Å². The summed E-state index contributed by atoms with van der Waals surface area (Å²) in [5.41, 5.74) is 2.83. The SMILES string of the molecule is C[C@H]1CCOCCCn2cnc(c2)-c2nn(C3CCCCO3)c3ccc(cc23)O1. The van der Waals surface area contributed by atoms with Gasteiger partial charge < -0.3 is 18.8 Å². The summed E-state index contributed by atoms with van der Waals surface area (Å²) >= 11 is 0. The average molecular weight is 396 g/mol. The maximum atomic E-state index is 6.17. The molecule has 2 aliphatic rings. The van der Waals surface area contributed by atoms with E-state index in [1.165, 1.54) is 0 Å². The molecule has 7 nitrogen and oxygen atoms in total. The Labute approximate surface area is 170 Å². The predicted octanol–water partition coefficient (Wildman–Crippen LogP) is 4.18. The van der Waals surface area contributed by atoms with Crippen molar-refractivity contribution in [3.05, 3.63) is 30.7 Å². The summed E-state index contributed by atoms with van der Waals surface area (Å²) in [5.74, 6) is 0.852. The van der Waals surface area contributed by atoms with Crippen molar-refractivity contribution in [3.8, 4) is 17.1 Å². The summed E-state index contributed by atoms with van der Waals surface area (Å²) in [7, 11) is 0. The summed E-state index contributed by atoms with van der Waals surface area (Å²) in [5, 5.41) is 6.02. The number of ether oxygens (including phenoxy) is 3. The summed E-state index contributed by atoms with van der Waals surface area (Å²) in [4.78, 5) is 4.64. The molecule has 0 N–H and O–H groups in total. The maximum Gasteiger partial charge on any atom is 0.150 e. The largest absolute Gasteiger partial charge is 0.491 e. The highest BCUT2D eigenvalue weighted by atomic mass is 16.5. The van der Waals surface area contributed by atoms with Crippen LogP contribution in [0.5, 0.6) is 5.75 Å². The first-order valence-corrected chi connectivity index (χ1v) is 10.7. The van der Waals surface area contributed by atoms with Gasteiger partial charge in [-0.15, -0.1) is 0 Å². The first-order valence-electron chi connectivity index (χ1n) is 10.7. The minimum atomic E-state index is -0.0180. The number of imidazole rings is 1. The van der Waals surface area contributed by atoms with Gasteiger partial charge in [0.25, 0.3) is 0 Å². The lowest BCUT2D eigenvalue weighted by Gasteiger charge is -2.23. The molecule has 0 spiro atoms. The van der Waals surface area contributed by atoms with Gasteiger partial charge in [-0.05, 0) is 50.8 Å². The lowest BCUT2D eigenvalue weighted by Crippen LogP contribution is -2.19. The van der Waals surface area contributed by atoms with Crippen molar-refractivity contribution in [1.29, 1.82) is 0 Å². The van der Waals surface area contributed by atoms with Crippen LogP contribution in [0.15, 0.2) is 30.7 Å². The number of fused-ring (bicyclic) bond motifs is 4. The molecule has 5 rings (SSSR count). The molecule has 2 aliphatic heterocycles. The molecule has 0 radical (unpaired) electrons. The van der Waals surface area contributed by atoms with E-state index < -0.39 is 0 Å². The molecule has 4 bridgehead atoms. The van der Waals surface area contributed by atoms with Crippen LogP contribution in [0.2, 0.25) is 0 Å². The van der Waals surface area contributed by atoms with Crippen LogP contribution in [0, 0.1) is 0 Å². The minimum Gasteiger partial charge on any atom is -0.491 e. The van der Waals surface area contributed by atoms with Crippen molar-refractivity contribution < 1.29 is 14.2 Å². The molecule has 1 fully saturated rings. The van der Waals surface area contributed by atoms with E-state index in [4.69, 9.17) is 19.3 Å². The van der Waals surface area contributed by atoms with E-state index >= 15 is 0 Å². The maximum absolute atomic E-state index is 6.17. The summed E-state index contributed by atoms with van der Waals surface area (Å²) in [6.07, 6.45) is 9.12. The molecule has 1 unspecified atom stereocenters. The van der Waals surface area contributed by atoms with Crippen LogP contribution in [0.3, 0.4) is 0 Å². The molecule has 2 aromatic heterocycles. The fourth-order valence-electron chi connectivity index (χ4n) is 4.12. The fourth-order valence-corrected chi connectivity index (χ4v) is 4.12. The summed E-state index contributed by atoms with van der Waals surface area (Å²) in [6, 6.07) is 6.21. The molecule has 29 heavy (non-hydrogen) atoms. The van der Waals surface area contributed by atoms with E-state index in [1.807, 2.05) is 17.1 Å². The first kappa shape index (κ1) is 18.6. The highest BCUT2D eigenvalue weighted by Crippen LogP contribution is 2.34. The zero-order chi connectivity index (χ0) is 19.6. The number of rotatable bonds is 1. The monoisotopic (exact) mass is 396 g/mol. The second kappa shape index (κ2) is 8.16. The van der Waals surface area contributed by atoms with E-state index in [-0.39, 0.29) is 12.3 Å². The van der Waals surface area contributed by atoms with Gasteiger partial charge in [-0.3, -0.25) is 0 Å². The third-order valence-corrected chi connectivity index (χ3v) is 5.69. The van der Waals surface area contributed by atoms with Gasteiger partial charge in [-0.1, -0.05) is 0 Å². The molecule has 154 valence electrons. The van der Waals surface area contributed by atoms with Gasteiger partial charge in [0.2, 0.25) is 0 Å². The van der Waals surface area contributed by atoms with Crippen LogP contribution in [0.25, 0.3) is 22.3 Å². The number of benzene rings is 1. The van der Waals surface area contributed by atoms with Crippen molar-refractivity contribution in [2.24, 2.45) is 0 Å². The van der Waals surface area contributed by atoms with Gasteiger partial charge in [0.1, 0.15) is 17.1 Å². The quantitative estimate of drug-likeness (QED) is 0.618. The van der Waals surface area contributed by atoms with Crippen molar-refractivity contribution >= 4 is 10.9 Å². The topological polar surface area (TPSA) is 63.3 Å². The molecular formula is C22H28N4O3. The smallest absolute Gasteiger partial charge is 0.150 e. The second-order valence-electron chi connectivity index (χ2n) is 7.97. The Kier molecular flexibility index (Phi) is 5.24. The highest BCUT2D eigenvalue weighted by Gasteiger charge is 2.23. The molecular weight excluding hydrogens is 368 g/mol. The van der Waals surface area contributed by atoms with Crippen molar-refractivity contribution in [1.82, 2.24) is 19.3 Å². The van der Waals surface area contributed by atoms with Gasteiger partial charge in [0.15, 0.2) is 6.23 Å². The van der Waals surface area contributed by atoms with E-state index in [0.717, 1.165) is 79.9 Å². The standard InChI is InChI=1S/C22H28N4O3/c1-16-8-12-27-10-4-9-25-14-19(23-15-25)22-18-13-17(29-16)6-7-20(18)26(24-22)21-5-2-3-11-28-21/h6-7,13-16,21H,2-5,8-12H2,1H3/t16-,21?/m0/s1. The van der Waals surface area contributed by atoms with Crippen LogP contribution >= 0.6 is 0 Å². The van der Waals surface area contributed by atoms with E-state index in [1.54, 1.807) is 0 Å². The van der Waals surface area contributed by atoms with Crippen LogP contribution in [-0.4, -0.2) is 45.3 Å². The Hall–Kier alpha value is -2.38. The summed E-state index contributed by atoms with van der Waals surface area (Å²) < 4.78 is 22.1. The normalized spacial score (nSPS) is 23.5. The Balaban J connectivity index is 1.60. The molecule has 4 heterocycles. The third-order valence-electron chi connectivity index (χ3n) is 5.69. The summed E-state index contributed by atoms with van der Waals surface area (Å²) in [6.45, 7) is 5.21. The molecule has 2 atom stereocenters. The second-order valence-corrected chi connectivity index (χ2v) is 7.97. The lowest BCUT2D eigenvalue weighted by atomic mass is 10.1. The molecule has 1 aromatic carbocycles. The van der Waals surface area contributed by atoms with Crippen molar-refractivity contribution in [3.63, 3.8) is 0 Å². The number of aryl methyl sites for hydroxylation is 1. The van der Waals surface area contributed by atoms with Crippen LogP contribution in [-0.2, 0) is 16.0 Å². The van der Waals surface area contributed by atoms with Gasteiger partial charge >= 0.3 is 0 Å². The van der Waals surface area contributed by atoms with Gasteiger partial charge in [0.05, 0.1) is 24.6 Å². The fraction of sp³-hybridized carbons (Fsp3) is 0.545. The van der Waals surface area contributed by atoms with E-state index in [0.29, 0.717) is 6.61 Å². The number of hydrogen-bond acceptors (Lipinski definition) is 5. The van der Waals surface area contributed by atoms with Crippen LogP contribution in [0.4, 0.5) is 0 Å². The minimum absolute atomic E-state index is 0.0180. The highest BCUT2D eigenvalue weighted by molar-refractivity contribution is 5.93. The Morgan fingerprint density at radius 2 is 2.03 bits per heavy atom. The zero-order valence-electron chi connectivity index (χ0n) is 16.9. The molecule has 7 heteroatoms. The third kappa shape index (κ3) is 3.89. The van der Waals surface area contributed by atoms with Gasteiger partial charge in [-0.2, -0.15) is 5.10 Å². The van der Waals surface area contributed by atoms with Gasteiger partial charge in [-0.25, -0.2) is 9.67 Å². The lowest BCUT2D eigenvalue weighted by molar-refractivity contribution is -0.0365. The van der Waals surface area contributed by atoms with Gasteiger partial charge in [0, 0.05) is 37.8 Å².